The first kappa shape index (κ1) is 22.9. The van der Waals surface area contributed by atoms with Gasteiger partial charge in [-0.25, -0.2) is 4.39 Å². The standard InChI is InChI=1S/C28H25FN4OS/c1-17-4-10-21(11-5-17)25-24(27-31-26(32-34-27)22-12-6-18(2)7-13-22)19(3)33(28(35)30-25)16-20-8-14-23(29)15-9-20/h4-15,25H,16H2,1-3H3,(H,30,35). The van der Waals surface area contributed by atoms with Crippen LogP contribution < -0.4 is 5.32 Å². The quantitative estimate of drug-likeness (QED) is 0.333. The van der Waals surface area contributed by atoms with E-state index in [9.17, 15) is 4.39 Å². The minimum Gasteiger partial charge on any atom is -0.351 e. The molecule has 1 atom stereocenters. The van der Waals surface area contributed by atoms with Gasteiger partial charge in [-0.3, -0.25) is 0 Å². The number of allylic oxidation sites excluding steroid dienone is 1. The third kappa shape index (κ3) is 4.72. The molecule has 0 fully saturated rings. The number of aryl methyl sites for hydroxylation is 2. The molecule has 0 aliphatic carbocycles. The fourth-order valence-corrected chi connectivity index (χ4v) is 4.50. The van der Waals surface area contributed by atoms with Crippen LogP contribution in [0.15, 0.2) is 83.0 Å². The third-order valence-corrected chi connectivity index (χ3v) is 6.57. The highest BCUT2D eigenvalue weighted by Gasteiger charge is 2.34. The Bertz CT molecular complexity index is 1390. The molecule has 5 rings (SSSR count). The zero-order chi connectivity index (χ0) is 24.5. The number of benzene rings is 3. The van der Waals surface area contributed by atoms with Crippen LogP contribution >= 0.6 is 12.2 Å². The molecular formula is C28H25FN4OS. The normalized spacial score (nSPS) is 15.9. The number of thiocarbonyl (C=S) groups is 1. The van der Waals surface area contributed by atoms with E-state index in [2.05, 4.69) is 41.7 Å². The molecule has 1 aliphatic heterocycles. The second kappa shape index (κ2) is 9.43. The molecule has 2 heterocycles. The summed E-state index contributed by atoms with van der Waals surface area (Å²) in [5.74, 6) is 0.693. The molecule has 1 aliphatic rings. The highest BCUT2D eigenvalue weighted by Crippen LogP contribution is 2.38. The second-order valence-electron chi connectivity index (χ2n) is 8.79. The molecule has 176 valence electrons. The lowest BCUT2D eigenvalue weighted by Crippen LogP contribution is -2.45. The van der Waals surface area contributed by atoms with Gasteiger partial charge in [0.25, 0.3) is 5.89 Å². The summed E-state index contributed by atoms with van der Waals surface area (Å²) < 4.78 is 19.3. The Labute approximate surface area is 209 Å². The van der Waals surface area contributed by atoms with Crippen LogP contribution in [0.3, 0.4) is 0 Å². The Morgan fingerprint density at radius 3 is 2.20 bits per heavy atom. The molecule has 1 aromatic heterocycles. The Kier molecular flexibility index (Phi) is 6.17. The molecule has 0 spiro atoms. The van der Waals surface area contributed by atoms with Crippen molar-refractivity contribution < 1.29 is 8.91 Å². The lowest BCUT2D eigenvalue weighted by atomic mass is 9.94. The number of hydrogen-bond acceptors (Lipinski definition) is 4. The van der Waals surface area contributed by atoms with Crippen molar-refractivity contribution in [3.63, 3.8) is 0 Å². The van der Waals surface area contributed by atoms with Gasteiger partial charge in [0.1, 0.15) is 5.82 Å². The van der Waals surface area contributed by atoms with Gasteiger partial charge in [0.15, 0.2) is 5.11 Å². The lowest BCUT2D eigenvalue weighted by Gasteiger charge is -2.37. The molecular weight excluding hydrogens is 459 g/mol. The Morgan fingerprint density at radius 1 is 0.914 bits per heavy atom. The van der Waals surface area contributed by atoms with E-state index in [0.717, 1.165) is 33.5 Å². The molecule has 0 radical (unpaired) electrons. The van der Waals surface area contributed by atoms with Crippen LogP contribution in [0.5, 0.6) is 0 Å². The minimum absolute atomic E-state index is 0.251. The predicted octanol–water partition coefficient (Wildman–Crippen LogP) is 6.36. The summed E-state index contributed by atoms with van der Waals surface area (Å²) >= 11 is 5.77. The first-order valence-electron chi connectivity index (χ1n) is 11.4. The van der Waals surface area contributed by atoms with Crippen molar-refractivity contribution in [3.8, 4) is 11.4 Å². The second-order valence-corrected chi connectivity index (χ2v) is 9.18. The predicted molar refractivity (Wildman–Crippen MR) is 139 cm³/mol. The molecule has 0 amide bonds. The van der Waals surface area contributed by atoms with E-state index < -0.39 is 0 Å². The molecule has 4 aromatic rings. The third-order valence-electron chi connectivity index (χ3n) is 6.23. The fraction of sp³-hybridized carbons (Fsp3) is 0.179. The van der Waals surface area contributed by atoms with Crippen LogP contribution in [0.4, 0.5) is 4.39 Å². The summed E-state index contributed by atoms with van der Waals surface area (Å²) in [5.41, 5.74) is 6.97. The largest absolute Gasteiger partial charge is 0.351 e. The number of halogens is 1. The van der Waals surface area contributed by atoms with Crippen molar-refractivity contribution in [1.29, 1.82) is 0 Å². The van der Waals surface area contributed by atoms with Gasteiger partial charge in [0, 0.05) is 17.8 Å². The van der Waals surface area contributed by atoms with Crippen LogP contribution in [0, 0.1) is 19.7 Å². The van der Waals surface area contributed by atoms with Gasteiger partial charge >= 0.3 is 0 Å². The van der Waals surface area contributed by atoms with Crippen LogP contribution in [0.1, 0.15) is 41.1 Å². The maximum Gasteiger partial charge on any atom is 0.258 e. The molecule has 3 aromatic carbocycles. The number of aromatic nitrogens is 2. The summed E-state index contributed by atoms with van der Waals surface area (Å²) in [6, 6.07) is 22.5. The summed E-state index contributed by atoms with van der Waals surface area (Å²) in [6.07, 6.45) is 0. The SMILES string of the molecule is CC1=C(c2nc(-c3ccc(C)cc3)no2)C(c2ccc(C)cc2)NC(=S)N1Cc1ccc(F)cc1. The average molecular weight is 485 g/mol. The smallest absolute Gasteiger partial charge is 0.258 e. The van der Waals surface area contributed by atoms with E-state index >= 15 is 0 Å². The Morgan fingerprint density at radius 2 is 1.54 bits per heavy atom. The Hall–Kier alpha value is -3.84. The van der Waals surface area contributed by atoms with E-state index in [1.54, 1.807) is 12.1 Å². The van der Waals surface area contributed by atoms with Gasteiger partial charge in [-0.15, -0.1) is 0 Å². The molecule has 7 heteroatoms. The molecule has 35 heavy (non-hydrogen) atoms. The van der Waals surface area contributed by atoms with Crippen molar-refractivity contribution in [2.45, 2.75) is 33.4 Å². The fourth-order valence-electron chi connectivity index (χ4n) is 4.18. The summed E-state index contributed by atoms with van der Waals surface area (Å²) in [6.45, 7) is 6.59. The monoisotopic (exact) mass is 484 g/mol. The molecule has 1 N–H and O–H groups in total. The highest BCUT2D eigenvalue weighted by atomic mass is 32.1. The molecule has 5 nitrogen and oxygen atoms in total. The van der Waals surface area contributed by atoms with Crippen molar-refractivity contribution in [3.05, 3.63) is 112 Å². The highest BCUT2D eigenvalue weighted by molar-refractivity contribution is 7.80. The molecule has 0 saturated heterocycles. The van der Waals surface area contributed by atoms with Gasteiger partial charge in [0.2, 0.25) is 5.82 Å². The van der Waals surface area contributed by atoms with Crippen molar-refractivity contribution in [2.75, 3.05) is 0 Å². The van der Waals surface area contributed by atoms with Crippen LogP contribution in [0.2, 0.25) is 0 Å². The first-order chi connectivity index (χ1) is 16.9. The maximum absolute atomic E-state index is 13.4. The van der Waals surface area contributed by atoms with E-state index in [1.807, 2.05) is 43.0 Å². The zero-order valence-electron chi connectivity index (χ0n) is 19.7. The van der Waals surface area contributed by atoms with Gasteiger partial charge in [-0.1, -0.05) is 76.9 Å². The summed E-state index contributed by atoms with van der Waals surface area (Å²) in [7, 11) is 0. The topological polar surface area (TPSA) is 54.2 Å². The first-order valence-corrected chi connectivity index (χ1v) is 11.8. The average Bonchev–Trinajstić information content (AvgIpc) is 3.33. The number of rotatable bonds is 5. The van der Waals surface area contributed by atoms with Gasteiger partial charge in [-0.2, -0.15) is 4.98 Å². The lowest BCUT2D eigenvalue weighted by molar-refractivity contribution is 0.396. The van der Waals surface area contributed by atoms with Gasteiger partial charge in [0.05, 0.1) is 11.6 Å². The summed E-state index contributed by atoms with van der Waals surface area (Å²) in [5, 5.41) is 8.31. The van der Waals surface area contributed by atoms with Crippen molar-refractivity contribution >= 4 is 22.9 Å². The van der Waals surface area contributed by atoms with Crippen LogP contribution in [0.25, 0.3) is 17.0 Å². The van der Waals surface area contributed by atoms with Crippen LogP contribution in [-0.2, 0) is 6.54 Å². The zero-order valence-corrected chi connectivity index (χ0v) is 20.6. The molecule has 0 saturated carbocycles. The number of nitrogens with one attached hydrogen (secondary N) is 1. The van der Waals surface area contributed by atoms with E-state index in [0.29, 0.717) is 23.4 Å². The molecule has 0 bridgehead atoms. The van der Waals surface area contributed by atoms with E-state index in [1.165, 1.54) is 17.7 Å². The van der Waals surface area contributed by atoms with E-state index in [4.69, 9.17) is 21.7 Å². The Balaban J connectivity index is 1.58. The van der Waals surface area contributed by atoms with Gasteiger partial charge < -0.3 is 14.7 Å². The van der Waals surface area contributed by atoms with E-state index in [-0.39, 0.29) is 11.9 Å². The van der Waals surface area contributed by atoms with Crippen LogP contribution in [-0.4, -0.2) is 20.2 Å². The molecule has 1 unspecified atom stereocenters. The van der Waals surface area contributed by atoms with Crippen molar-refractivity contribution in [1.82, 2.24) is 20.4 Å². The number of nitrogens with zero attached hydrogens (tertiary/aromatic N) is 3. The minimum atomic E-state index is -0.269. The van der Waals surface area contributed by atoms with Gasteiger partial charge in [-0.05, 0) is 56.2 Å². The number of hydrogen-bond donors (Lipinski definition) is 1. The maximum atomic E-state index is 13.4. The van der Waals surface area contributed by atoms with Crippen molar-refractivity contribution in [2.24, 2.45) is 0 Å². The summed E-state index contributed by atoms with van der Waals surface area (Å²) in [4.78, 5) is 6.74.